The Labute approximate surface area is 271 Å². The second-order valence-corrected chi connectivity index (χ2v) is 14.8. The van der Waals surface area contributed by atoms with Gasteiger partial charge in [-0.2, -0.15) is 15.1 Å². The van der Waals surface area contributed by atoms with Crippen molar-refractivity contribution in [3.63, 3.8) is 0 Å². The van der Waals surface area contributed by atoms with Gasteiger partial charge in [0.25, 0.3) is 0 Å². The van der Waals surface area contributed by atoms with E-state index >= 15 is 4.39 Å². The zero-order valence-electron chi connectivity index (χ0n) is 24.8. The molecule has 14 heteroatoms. The zero-order chi connectivity index (χ0) is 30.9. The van der Waals surface area contributed by atoms with Gasteiger partial charge in [0.1, 0.15) is 41.4 Å². The first kappa shape index (κ1) is 27.6. The minimum atomic E-state index is -0.888. The third kappa shape index (κ3) is 3.76. The van der Waals surface area contributed by atoms with Crippen molar-refractivity contribution in [2.75, 3.05) is 43.5 Å². The molecule has 46 heavy (non-hydrogen) atoms. The Kier molecular flexibility index (Phi) is 5.85. The van der Waals surface area contributed by atoms with Crippen LogP contribution in [0.4, 0.5) is 20.4 Å². The lowest BCUT2D eigenvalue weighted by molar-refractivity contribution is 0.107. The van der Waals surface area contributed by atoms with E-state index < -0.39 is 17.5 Å². The summed E-state index contributed by atoms with van der Waals surface area (Å²) in [5.41, 5.74) is 6.76. The van der Waals surface area contributed by atoms with Crippen molar-refractivity contribution in [3.05, 3.63) is 29.0 Å². The number of hydrogen-bond donors (Lipinski definition) is 3. The summed E-state index contributed by atoms with van der Waals surface area (Å²) in [5.74, 6) is 0.744. The Morgan fingerprint density at radius 1 is 1.20 bits per heavy atom. The van der Waals surface area contributed by atoms with Crippen LogP contribution in [-0.4, -0.2) is 87.7 Å². The highest BCUT2D eigenvalue weighted by atomic mass is 35.5. The summed E-state index contributed by atoms with van der Waals surface area (Å²) in [7, 11) is 0. The molecule has 10 nitrogen and oxygen atoms in total. The van der Waals surface area contributed by atoms with E-state index in [2.05, 4.69) is 25.3 Å². The van der Waals surface area contributed by atoms with Crippen LogP contribution in [0.1, 0.15) is 32.1 Å². The number of halogens is 3. The number of hydrogen-bond acceptors (Lipinski definition) is 10. The molecule has 0 spiro atoms. The Hall–Kier alpha value is -3.52. The molecular formula is C32H31ClF2N8O2S. The van der Waals surface area contributed by atoms with Crippen LogP contribution >= 0.6 is 22.9 Å². The van der Waals surface area contributed by atoms with Gasteiger partial charge in [0.05, 0.1) is 27.4 Å². The average molecular weight is 665 g/mol. The van der Waals surface area contributed by atoms with Crippen LogP contribution in [0.5, 0.6) is 11.8 Å². The van der Waals surface area contributed by atoms with E-state index in [9.17, 15) is 4.39 Å². The molecular weight excluding hydrogens is 634 g/mol. The van der Waals surface area contributed by atoms with Crippen molar-refractivity contribution < 1.29 is 18.3 Å². The summed E-state index contributed by atoms with van der Waals surface area (Å²) in [6.07, 6.45) is 3.43. The molecule has 10 rings (SSSR count). The summed E-state index contributed by atoms with van der Waals surface area (Å²) in [6, 6.07) is 6.22. The van der Waals surface area contributed by atoms with E-state index in [0.29, 0.717) is 60.5 Å². The van der Waals surface area contributed by atoms with Crippen LogP contribution in [0.2, 0.25) is 5.02 Å². The number of rotatable bonds is 4. The van der Waals surface area contributed by atoms with Gasteiger partial charge in [-0.25, -0.2) is 8.78 Å². The topological polar surface area (TPSA) is 117 Å². The molecule has 5 aromatic rings. The first-order valence-corrected chi connectivity index (χ1v) is 17.1. The number of benzene rings is 2. The third-order valence-electron chi connectivity index (χ3n) is 10.9. The highest BCUT2D eigenvalue weighted by Crippen LogP contribution is 2.52. The molecule has 5 aliphatic rings. The molecule has 3 aromatic heterocycles. The number of alkyl halides is 1. The number of fused-ring (bicyclic) bond motifs is 9. The van der Waals surface area contributed by atoms with E-state index in [1.54, 1.807) is 0 Å². The van der Waals surface area contributed by atoms with Crippen LogP contribution in [0.15, 0.2) is 18.2 Å². The van der Waals surface area contributed by atoms with E-state index in [0.717, 1.165) is 52.5 Å². The number of nitrogens with two attached hydrogens (primary N) is 1. The van der Waals surface area contributed by atoms with Gasteiger partial charge >= 0.3 is 6.01 Å². The molecule has 2 aromatic carbocycles. The summed E-state index contributed by atoms with van der Waals surface area (Å²) in [4.78, 5) is 14.8. The van der Waals surface area contributed by atoms with Gasteiger partial charge in [-0.05, 0) is 43.9 Å². The number of thiophene rings is 1. The number of aromatic nitrogens is 4. The van der Waals surface area contributed by atoms with Gasteiger partial charge in [0.2, 0.25) is 0 Å². The van der Waals surface area contributed by atoms with Crippen molar-refractivity contribution >= 4 is 65.8 Å². The molecule has 5 atom stereocenters. The molecule has 0 unspecified atom stereocenters. The van der Waals surface area contributed by atoms with Gasteiger partial charge in [-0.15, -0.1) is 11.3 Å². The summed E-state index contributed by atoms with van der Waals surface area (Å²) >= 11 is 8.67. The summed E-state index contributed by atoms with van der Waals surface area (Å²) in [6.45, 7) is 2.56. The molecule has 0 amide bonds. The first-order valence-electron chi connectivity index (χ1n) is 15.9. The number of ether oxygens (including phenoxy) is 2. The average Bonchev–Trinajstić information content (AvgIpc) is 3.83. The molecule has 0 radical (unpaired) electrons. The fourth-order valence-corrected chi connectivity index (χ4v) is 10.3. The first-order chi connectivity index (χ1) is 22.4. The number of H-pyrrole nitrogens is 1. The monoisotopic (exact) mass is 664 g/mol. The molecule has 238 valence electrons. The lowest BCUT2D eigenvalue weighted by Crippen LogP contribution is -2.60. The standard InChI is InChI=1S/C32H31ClF2N8O2S/c33-24-21(16-3-1-4-19-20(16)22-28(36)40-41-30(22)46-19)25(35)26-23-27(24)44-12-18-17-6-5-15(37-17)11-43(18)29(23)39-31(38-26)45-13-32-7-2-8-42(32)10-14(34)9-32/h1,3-4,14-15,17-18,37H,2,5-13H2,(H3,36,40,41)/t14-,15-,17+,18-,32+/m1/s1. The van der Waals surface area contributed by atoms with Crippen molar-refractivity contribution in [2.45, 2.75) is 61.9 Å². The van der Waals surface area contributed by atoms with E-state index in [1.807, 2.05) is 18.2 Å². The van der Waals surface area contributed by atoms with E-state index in [1.165, 1.54) is 11.3 Å². The molecule has 8 heterocycles. The second-order valence-electron chi connectivity index (χ2n) is 13.4. The maximum Gasteiger partial charge on any atom is 0.319 e. The number of nitrogens with zero attached hydrogens (tertiary/aromatic N) is 5. The Bertz CT molecular complexity index is 2090. The lowest BCUT2D eigenvalue weighted by Gasteiger charge is -2.40. The summed E-state index contributed by atoms with van der Waals surface area (Å²) in [5, 5.41) is 13.0. The molecule has 4 saturated heterocycles. The van der Waals surface area contributed by atoms with E-state index in [4.69, 9.17) is 36.8 Å². The quantitative estimate of drug-likeness (QED) is 0.232. The summed E-state index contributed by atoms with van der Waals surface area (Å²) < 4.78 is 45.6. The predicted octanol–water partition coefficient (Wildman–Crippen LogP) is 5.42. The predicted molar refractivity (Wildman–Crippen MR) is 175 cm³/mol. The van der Waals surface area contributed by atoms with Crippen molar-refractivity contribution in [3.8, 4) is 22.9 Å². The molecule has 0 aliphatic carbocycles. The SMILES string of the molecule is Nc1[nH]nc2sc3cccc(-c4c(Cl)c5c6c(nc(OC[C@@]78CCCN7C[C@H](F)C8)nc6c4F)N4C[C@H]6CC[C@H](N6)[C@H]4CO5)c3c12. The normalized spacial score (nSPS) is 28.6. The van der Waals surface area contributed by atoms with Gasteiger partial charge in [0, 0.05) is 47.2 Å². The fraction of sp³-hybridized carbons (Fsp3) is 0.469. The number of piperazine rings is 1. The molecule has 0 saturated carbocycles. The molecule has 4 fully saturated rings. The van der Waals surface area contributed by atoms with Gasteiger partial charge in [0.15, 0.2) is 11.6 Å². The maximum absolute atomic E-state index is 17.3. The number of aromatic amines is 1. The Morgan fingerprint density at radius 3 is 3.02 bits per heavy atom. The fourth-order valence-electron chi connectivity index (χ4n) is 8.87. The largest absolute Gasteiger partial charge is 0.489 e. The Morgan fingerprint density at radius 2 is 2.11 bits per heavy atom. The van der Waals surface area contributed by atoms with Crippen molar-refractivity contribution in [1.29, 1.82) is 0 Å². The van der Waals surface area contributed by atoms with Crippen molar-refractivity contribution in [1.82, 2.24) is 30.4 Å². The van der Waals surface area contributed by atoms with Gasteiger partial charge in [-0.1, -0.05) is 23.7 Å². The van der Waals surface area contributed by atoms with Crippen molar-refractivity contribution in [2.24, 2.45) is 0 Å². The van der Waals surface area contributed by atoms with Crippen LogP contribution in [-0.2, 0) is 0 Å². The lowest BCUT2D eigenvalue weighted by atomic mass is 9.95. The molecule has 5 aliphatic heterocycles. The second kappa shape index (κ2) is 9.75. The van der Waals surface area contributed by atoms with Crippen LogP contribution < -0.4 is 25.4 Å². The number of nitrogens with one attached hydrogen (secondary N) is 2. The zero-order valence-corrected chi connectivity index (χ0v) is 26.4. The number of anilines is 2. The molecule has 2 bridgehead atoms. The van der Waals surface area contributed by atoms with Gasteiger partial charge in [-0.3, -0.25) is 10.00 Å². The maximum atomic E-state index is 17.3. The Balaban J connectivity index is 1.19. The molecule has 4 N–H and O–H groups in total. The highest BCUT2D eigenvalue weighted by Gasteiger charge is 2.50. The van der Waals surface area contributed by atoms with Crippen LogP contribution in [0, 0.1) is 5.82 Å². The number of nitrogen functional groups attached to an aromatic ring is 1. The van der Waals surface area contributed by atoms with Gasteiger partial charge < -0.3 is 25.4 Å². The van der Waals surface area contributed by atoms with Crippen LogP contribution in [0.25, 0.3) is 42.3 Å². The minimum absolute atomic E-state index is 0.0311. The highest BCUT2D eigenvalue weighted by molar-refractivity contribution is 7.25. The third-order valence-corrected chi connectivity index (χ3v) is 12.3. The van der Waals surface area contributed by atoms with E-state index in [-0.39, 0.29) is 40.8 Å². The smallest absolute Gasteiger partial charge is 0.319 e. The minimum Gasteiger partial charge on any atom is -0.489 e. The van der Waals surface area contributed by atoms with Crippen LogP contribution in [0.3, 0.4) is 0 Å².